The molecule has 0 atom stereocenters. The SMILES string of the molecule is C=CCN(CCC1(N)CCCCC1)C(C)C. The first-order valence-corrected chi connectivity index (χ1v) is 6.71. The largest absolute Gasteiger partial charge is 0.325 e. The van der Waals surface area contributed by atoms with E-state index in [9.17, 15) is 0 Å². The van der Waals surface area contributed by atoms with E-state index >= 15 is 0 Å². The van der Waals surface area contributed by atoms with Crippen molar-refractivity contribution in [3.8, 4) is 0 Å². The molecule has 0 aliphatic heterocycles. The van der Waals surface area contributed by atoms with Crippen LogP contribution >= 0.6 is 0 Å². The van der Waals surface area contributed by atoms with Crippen molar-refractivity contribution in [1.82, 2.24) is 4.90 Å². The Kier molecular flexibility index (Phi) is 5.50. The van der Waals surface area contributed by atoms with Gasteiger partial charge in [0, 0.05) is 24.7 Å². The van der Waals surface area contributed by atoms with Gasteiger partial charge in [0.05, 0.1) is 0 Å². The van der Waals surface area contributed by atoms with E-state index in [2.05, 4.69) is 25.3 Å². The Hall–Kier alpha value is -0.340. The van der Waals surface area contributed by atoms with Gasteiger partial charge in [-0.05, 0) is 33.1 Å². The van der Waals surface area contributed by atoms with E-state index in [4.69, 9.17) is 5.73 Å². The standard InChI is InChI=1S/C14H28N2/c1-4-11-16(13(2)3)12-10-14(15)8-6-5-7-9-14/h4,13H,1,5-12,15H2,2-3H3. The summed E-state index contributed by atoms with van der Waals surface area (Å²) in [6, 6.07) is 0.588. The van der Waals surface area contributed by atoms with Gasteiger partial charge in [0.1, 0.15) is 0 Å². The summed E-state index contributed by atoms with van der Waals surface area (Å²) in [6.45, 7) is 10.4. The lowest BCUT2D eigenvalue weighted by Gasteiger charge is -2.36. The Morgan fingerprint density at radius 1 is 1.31 bits per heavy atom. The molecule has 16 heavy (non-hydrogen) atoms. The number of rotatable bonds is 6. The molecule has 0 aromatic carbocycles. The van der Waals surface area contributed by atoms with Gasteiger partial charge >= 0.3 is 0 Å². The van der Waals surface area contributed by atoms with Crippen LogP contribution in [0.1, 0.15) is 52.4 Å². The van der Waals surface area contributed by atoms with Gasteiger partial charge in [0.15, 0.2) is 0 Å². The summed E-state index contributed by atoms with van der Waals surface area (Å²) in [6.07, 6.45) is 9.57. The Labute approximate surface area is 101 Å². The third-order valence-electron chi connectivity index (χ3n) is 3.84. The highest BCUT2D eigenvalue weighted by molar-refractivity contribution is 4.89. The van der Waals surface area contributed by atoms with E-state index < -0.39 is 0 Å². The van der Waals surface area contributed by atoms with E-state index in [0.717, 1.165) is 19.5 Å². The first-order chi connectivity index (χ1) is 7.57. The molecule has 0 unspecified atom stereocenters. The molecule has 0 heterocycles. The van der Waals surface area contributed by atoms with Crippen LogP contribution in [-0.2, 0) is 0 Å². The predicted octanol–water partition coefficient (Wildman–Crippen LogP) is 2.93. The van der Waals surface area contributed by atoms with E-state index in [0.29, 0.717) is 6.04 Å². The van der Waals surface area contributed by atoms with E-state index in [1.807, 2.05) is 6.08 Å². The molecule has 0 saturated heterocycles. The second kappa shape index (κ2) is 6.41. The third-order valence-corrected chi connectivity index (χ3v) is 3.84. The van der Waals surface area contributed by atoms with Crippen molar-refractivity contribution in [3.63, 3.8) is 0 Å². The molecular weight excluding hydrogens is 196 g/mol. The molecule has 2 N–H and O–H groups in total. The molecule has 1 rings (SSSR count). The van der Waals surface area contributed by atoms with Crippen LogP contribution < -0.4 is 5.73 Å². The molecule has 1 aliphatic rings. The zero-order chi connectivity index (χ0) is 12.0. The van der Waals surface area contributed by atoms with Gasteiger partial charge in [-0.2, -0.15) is 0 Å². The van der Waals surface area contributed by atoms with Crippen molar-refractivity contribution in [1.29, 1.82) is 0 Å². The molecule has 1 saturated carbocycles. The maximum absolute atomic E-state index is 6.45. The predicted molar refractivity (Wildman–Crippen MR) is 71.5 cm³/mol. The minimum Gasteiger partial charge on any atom is -0.325 e. The molecule has 0 aromatic heterocycles. The summed E-state index contributed by atoms with van der Waals surface area (Å²) in [7, 11) is 0. The van der Waals surface area contributed by atoms with Gasteiger partial charge in [-0.25, -0.2) is 0 Å². The fourth-order valence-electron chi connectivity index (χ4n) is 2.60. The Morgan fingerprint density at radius 3 is 2.44 bits per heavy atom. The minimum atomic E-state index is 0.118. The lowest BCUT2D eigenvalue weighted by Crippen LogP contribution is -2.45. The highest BCUT2D eigenvalue weighted by atomic mass is 15.1. The fourth-order valence-corrected chi connectivity index (χ4v) is 2.60. The molecule has 2 heteroatoms. The number of hydrogen-bond donors (Lipinski definition) is 1. The van der Waals surface area contributed by atoms with Crippen LogP contribution in [-0.4, -0.2) is 29.6 Å². The first-order valence-electron chi connectivity index (χ1n) is 6.71. The number of nitrogens with two attached hydrogens (primary N) is 1. The van der Waals surface area contributed by atoms with Crippen LogP contribution in [0.3, 0.4) is 0 Å². The first kappa shape index (κ1) is 13.7. The third kappa shape index (κ3) is 4.26. The summed E-state index contributed by atoms with van der Waals surface area (Å²) < 4.78 is 0. The zero-order valence-electron chi connectivity index (χ0n) is 11.0. The van der Waals surface area contributed by atoms with Crippen molar-refractivity contribution in [2.24, 2.45) is 5.73 Å². The minimum absolute atomic E-state index is 0.118. The molecule has 0 radical (unpaired) electrons. The number of hydrogen-bond acceptors (Lipinski definition) is 2. The van der Waals surface area contributed by atoms with Crippen LogP contribution in [0.25, 0.3) is 0 Å². The zero-order valence-corrected chi connectivity index (χ0v) is 11.0. The van der Waals surface area contributed by atoms with Crippen molar-refractivity contribution >= 4 is 0 Å². The van der Waals surface area contributed by atoms with Crippen molar-refractivity contribution in [2.45, 2.75) is 64.0 Å². The maximum atomic E-state index is 6.45. The monoisotopic (exact) mass is 224 g/mol. The molecule has 1 aliphatic carbocycles. The average molecular weight is 224 g/mol. The van der Waals surface area contributed by atoms with Gasteiger partial charge in [0.2, 0.25) is 0 Å². The maximum Gasteiger partial charge on any atom is 0.0166 e. The van der Waals surface area contributed by atoms with Crippen LogP contribution in [0.2, 0.25) is 0 Å². The van der Waals surface area contributed by atoms with Crippen LogP contribution in [0.15, 0.2) is 12.7 Å². The summed E-state index contributed by atoms with van der Waals surface area (Å²) >= 11 is 0. The second-order valence-corrected chi connectivity index (χ2v) is 5.55. The molecule has 0 spiro atoms. The topological polar surface area (TPSA) is 29.3 Å². The van der Waals surface area contributed by atoms with E-state index in [-0.39, 0.29) is 5.54 Å². The molecule has 0 aromatic rings. The van der Waals surface area contributed by atoms with Gasteiger partial charge in [0.25, 0.3) is 0 Å². The highest BCUT2D eigenvalue weighted by Crippen LogP contribution is 2.28. The summed E-state index contributed by atoms with van der Waals surface area (Å²) in [5.41, 5.74) is 6.57. The van der Waals surface area contributed by atoms with Gasteiger partial charge in [-0.1, -0.05) is 25.3 Å². The van der Waals surface area contributed by atoms with Gasteiger partial charge < -0.3 is 5.73 Å². The van der Waals surface area contributed by atoms with Crippen molar-refractivity contribution in [3.05, 3.63) is 12.7 Å². The summed E-state index contributed by atoms with van der Waals surface area (Å²) in [5.74, 6) is 0. The molecule has 2 nitrogen and oxygen atoms in total. The second-order valence-electron chi connectivity index (χ2n) is 5.55. The number of nitrogens with zero attached hydrogens (tertiary/aromatic N) is 1. The molecule has 0 amide bonds. The molecule has 0 bridgehead atoms. The van der Waals surface area contributed by atoms with Crippen LogP contribution in [0.5, 0.6) is 0 Å². The van der Waals surface area contributed by atoms with E-state index in [1.165, 1.54) is 32.1 Å². The Balaban J connectivity index is 2.37. The normalized spacial score (nSPS) is 20.3. The van der Waals surface area contributed by atoms with Crippen LogP contribution in [0, 0.1) is 0 Å². The van der Waals surface area contributed by atoms with Crippen molar-refractivity contribution in [2.75, 3.05) is 13.1 Å². The lowest BCUT2D eigenvalue weighted by molar-refractivity contribution is 0.192. The fraction of sp³-hybridized carbons (Fsp3) is 0.857. The smallest absolute Gasteiger partial charge is 0.0166 e. The van der Waals surface area contributed by atoms with E-state index in [1.54, 1.807) is 0 Å². The average Bonchev–Trinajstić information content (AvgIpc) is 2.25. The summed E-state index contributed by atoms with van der Waals surface area (Å²) in [5, 5.41) is 0. The quantitative estimate of drug-likeness (QED) is 0.703. The van der Waals surface area contributed by atoms with Gasteiger partial charge in [-0.15, -0.1) is 6.58 Å². The molecule has 1 fully saturated rings. The van der Waals surface area contributed by atoms with Crippen LogP contribution in [0.4, 0.5) is 0 Å². The summed E-state index contributed by atoms with van der Waals surface area (Å²) in [4.78, 5) is 2.45. The van der Waals surface area contributed by atoms with Gasteiger partial charge in [-0.3, -0.25) is 4.90 Å². The highest BCUT2D eigenvalue weighted by Gasteiger charge is 2.27. The lowest BCUT2D eigenvalue weighted by atomic mass is 9.80. The van der Waals surface area contributed by atoms with Crippen molar-refractivity contribution < 1.29 is 0 Å². The Morgan fingerprint density at radius 2 is 1.94 bits per heavy atom. The molecule has 94 valence electrons. The Bertz CT molecular complexity index is 205. The molecular formula is C14H28N2.